The van der Waals surface area contributed by atoms with Crippen LogP contribution in [0.15, 0.2) is 102 Å². The van der Waals surface area contributed by atoms with Gasteiger partial charge in [-0.1, -0.05) is 91.1 Å². The molecule has 0 aliphatic carbocycles. The summed E-state index contributed by atoms with van der Waals surface area (Å²) in [5, 5.41) is 0.683. The predicted molar refractivity (Wildman–Crippen MR) is 144 cm³/mol. The Balaban J connectivity index is 1.57. The third-order valence-corrected chi connectivity index (χ3v) is 6.97. The number of fused-ring (bicyclic) bond motifs is 1. The van der Waals surface area contributed by atoms with E-state index in [1.165, 1.54) is 0 Å². The first-order chi connectivity index (χ1) is 17.2. The number of nitrogens with zero attached hydrogens (tertiary/aromatic N) is 2. The molecule has 2 heterocycles. The number of rotatable bonds is 8. The summed E-state index contributed by atoms with van der Waals surface area (Å²) in [7, 11) is 1.64. The SMILES string of the molecule is C=Cc1ccc(CSc2nc3c(-c4ccccc4)c[nH]c3c(=O)n2Cc2ccc(OC)cc2)cc1. The number of hydrogen-bond donors (Lipinski definition) is 1. The molecule has 5 rings (SSSR count). The van der Waals surface area contributed by atoms with Gasteiger partial charge in [0.25, 0.3) is 5.56 Å². The number of ether oxygens (including phenoxy) is 1. The van der Waals surface area contributed by atoms with Gasteiger partial charge in [-0.05, 0) is 34.4 Å². The molecule has 1 N–H and O–H groups in total. The molecule has 0 spiro atoms. The molecule has 0 saturated heterocycles. The summed E-state index contributed by atoms with van der Waals surface area (Å²) >= 11 is 1.56. The average Bonchev–Trinajstić information content (AvgIpc) is 3.34. The van der Waals surface area contributed by atoms with Crippen LogP contribution in [0.5, 0.6) is 5.75 Å². The number of aromatic nitrogens is 3. The van der Waals surface area contributed by atoms with Gasteiger partial charge in [-0.3, -0.25) is 9.36 Å². The van der Waals surface area contributed by atoms with Crippen LogP contribution in [0, 0.1) is 0 Å². The summed E-state index contributed by atoms with van der Waals surface area (Å²) in [6.45, 7) is 4.24. The van der Waals surface area contributed by atoms with Crippen molar-refractivity contribution in [3.05, 3.63) is 119 Å². The van der Waals surface area contributed by atoms with Crippen molar-refractivity contribution in [2.45, 2.75) is 17.5 Å². The first-order valence-corrected chi connectivity index (χ1v) is 12.3. The van der Waals surface area contributed by atoms with Gasteiger partial charge in [-0.25, -0.2) is 4.98 Å². The Bertz CT molecular complexity index is 1520. The number of thioether (sulfide) groups is 1. The van der Waals surface area contributed by atoms with Crippen molar-refractivity contribution in [2.24, 2.45) is 0 Å². The monoisotopic (exact) mass is 479 g/mol. The number of hydrogen-bond acceptors (Lipinski definition) is 4. The molecule has 5 nitrogen and oxygen atoms in total. The zero-order valence-electron chi connectivity index (χ0n) is 19.4. The fourth-order valence-electron chi connectivity index (χ4n) is 3.97. The number of H-pyrrole nitrogens is 1. The lowest BCUT2D eigenvalue weighted by Crippen LogP contribution is -2.24. The number of nitrogens with one attached hydrogen (secondary N) is 1. The van der Waals surface area contributed by atoms with Gasteiger partial charge in [0, 0.05) is 17.5 Å². The summed E-state index contributed by atoms with van der Waals surface area (Å²) in [6.07, 6.45) is 3.70. The Labute approximate surface area is 208 Å². The van der Waals surface area contributed by atoms with Crippen LogP contribution in [0.4, 0.5) is 0 Å². The van der Waals surface area contributed by atoms with Crippen LogP contribution < -0.4 is 10.3 Å². The van der Waals surface area contributed by atoms with E-state index in [0.29, 0.717) is 28.5 Å². The topological polar surface area (TPSA) is 59.9 Å². The molecule has 0 bridgehead atoms. The first kappa shape index (κ1) is 22.7. The molecule has 174 valence electrons. The molecular formula is C29H25N3O2S. The lowest BCUT2D eigenvalue weighted by molar-refractivity contribution is 0.414. The smallest absolute Gasteiger partial charge is 0.278 e. The first-order valence-electron chi connectivity index (χ1n) is 11.3. The molecule has 3 aromatic carbocycles. The molecule has 0 unspecified atom stereocenters. The predicted octanol–water partition coefficient (Wildman–Crippen LogP) is 6.38. The molecule has 2 aromatic heterocycles. The van der Waals surface area contributed by atoms with Gasteiger partial charge < -0.3 is 9.72 Å². The Hall–Kier alpha value is -4.03. The van der Waals surface area contributed by atoms with Crippen LogP contribution in [0.25, 0.3) is 28.2 Å². The zero-order chi connectivity index (χ0) is 24.2. The van der Waals surface area contributed by atoms with Gasteiger partial charge in [0.05, 0.1) is 13.7 Å². The molecule has 0 aliphatic heterocycles. The minimum Gasteiger partial charge on any atom is -0.497 e. The molecule has 0 amide bonds. The van der Waals surface area contributed by atoms with Crippen LogP contribution in [-0.2, 0) is 12.3 Å². The highest BCUT2D eigenvalue weighted by Gasteiger charge is 2.17. The zero-order valence-corrected chi connectivity index (χ0v) is 20.2. The van der Waals surface area contributed by atoms with Gasteiger partial charge >= 0.3 is 0 Å². The highest BCUT2D eigenvalue weighted by atomic mass is 32.2. The fraction of sp³-hybridized carbons (Fsp3) is 0.103. The van der Waals surface area contributed by atoms with E-state index in [1.54, 1.807) is 23.4 Å². The van der Waals surface area contributed by atoms with Crippen molar-refractivity contribution >= 4 is 28.9 Å². The van der Waals surface area contributed by atoms with Crippen molar-refractivity contribution in [2.75, 3.05) is 7.11 Å². The van der Waals surface area contributed by atoms with Gasteiger partial charge in [-0.2, -0.15) is 0 Å². The second-order valence-corrected chi connectivity index (χ2v) is 9.10. The quantitative estimate of drug-likeness (QED) is 0.207. The van der Waals surface area contributed by atoms with Crippen molar-refractivity contribution in [3.8, 4) is 16.9 Å². The molecular weight excluding hydrogens is 454 g/mol. The maximum atomic E-state index is 13.7. The molecule has 5 aromatic rings. The minimum atomic E-state index is -0.0856. The van der Waals surface area contributed by atoms with Gasteiger partial charge in [0.15, 0.2) is 5.16 Å². The second kappa shape index (κ2) is 10.1. The van der Waals surface area contributed by atoms with Crippen molar-refractivity contribution in [1.29, 1.82) is 0 Å². The van der Waals surface area contributed by atoms with Crippen LogP contribution >= 0.6 is 11.8 Å². The largest absolute Gasteiger partial charge is 0.497 e. The molecule has 6 heteroatoms. The molecule has 0 saturated carbocycles. The highest BCUT2D eigenvalue weighted by molar-refractivity contribution is 7.98. The van der Waals surface area contributed by atoms with E-state index in [2.05, 4.69) is 23.7 Å². The van der Waals surface area contributed by atoms with Crippen molar-refractivity contribution < 1.29 is 4.74 Å². The summed E-state index contributed by atoms with van der Waals surface area (Å²) < 4.78 is 7.03. The van der Waals surface area contributed by atoms with E-state index < -0.39 is 0 Å². The molecule has 0 aliphatic rings. The van der Waals surface area contributed by atoms with E-state index in [1.807, 2.05) is 79.0 Å². The number of methoxy groups -OCH3 is 1. The van der Waals surface area contributed by atoms with E-state index in [-0.39, 0.29) is 5.56 Å². The molecule has 0 radical (unpaired) electrons. The van der Waals surface area contributed by atoms with Crippen LogP contribution in [0.2, 0.25) is 0 Å². The second-order valence-electron chi connectivity index (χ2n) is 8.16. The van der Waals surface area contributed by atoms with Crippen LogP contribution in [0.3, 0.4) is 0 Å². The van der Waals surface area contributed by atoms with Crippen molar-refractivity contribution in [3.63, 3.8) is 0 Å². The third-order valence-electron chi connectivity index (χ3n) is 5.92. The fourth-order valence-corrected chi connectivity index (χ4v) is 4.92. The van der Waals surface area contributed by atoms with Crippen molar-refractivity contribution in [1.82, 2.24) is 14.5 Å². The summed E-state index contributed by atoms with van der Waals surface area (Å²) in [5.41, 5.74) is 6.30. The summed E-state index contributed by atoms with van der Waals surface area (Å²) in [4.78, 5) is 21.8. The minimum absolute atomic E-state index is 0.0856. The normalized spacial score (nSPS) is 11.0. The highest BCUT2D eigenvalue weighted by Crippen LogP contribution is 2.29. The Kier molecular flexibility index (Phi) is 6.55. The third kappa shape index (κ3) is 4.79. The van der Waals surface area contributed by atoms with Gasteiger partial charge in [-0.15, -0.1) is 0 Å². The maximum absolute atomic E-state index is 13.7. The Morgan fingerprint density at radius 1 is 1.00 bits per heavy atom. The van der Waals surface area contributed by atoms with Crippen LogP contribution in [0.1, 0.15) is 16.7 Å². The standard InChI is InChI=1S/C29H25N3O2S/c1-3-20-9-11-22(12-10-20)19-35-29-31-26-25(23-7-5-4-6-8-23)17-30-27(26)28(33)32(29)18-21-13-15-24(34-2)16-14-21/h3-17,30H,1,18-19H2,2H3. The summed E-state index contributed by atoms with van der Waals surface area (Å²) in [6, 6.07) is 26.0. The number of aromatic amines is 1. The molecule has 0 fully saturated rings. The maximum Gasteiger partial charge on any atom is 0.278 e. The van der Waals surface area contributed by atoms with E-state index in [9.17, 15) is 4.79 Å². The number of benzene rings is 3. The lowest BCUT2D eigenvalue weighted by Gasteiger charge is -2.13. The Morgan fingerprint density at radius 3 is 2.40 bits per heavy atom. The van der Waals surface area contributed by atoms with E-state index in [4.69, 9.17) is 9.72 Å². The van der Waals surface area contributed by atoms with Gasteiger partial charge in [0.2, 0.25) is 0 Å². The van der Waals surface area contributed by atoms with Gasteiger partial charge in [0.1, 0.15) is 16.8 Å². The Morgan fingerprint density at radius 2 is 1.71 bits per heavy atom. The lowest BCUT2D eigenvalue weighted by atomic mass is 10.1. The molecule has 0 atom stereocenters. The van der Waals surface area contributed by atoms with E-state index >= 15 is 0 Å². The average molecular weight is 480 g/mol. The summed E-state index contributed by atoms with van der Waals surface area (Å²) in [5.74, 6) is 1.48. The van der Waals surface area contributed by atoms with E-state index in [0.717, 1.165) is 33.6 Å². The molecule has 35 heavy (non-hydrogen) atoms. The van der Waals surface area contributed by atoms with Crippen LogP contribution in [-0.4, -0.2) is 21.6 Å².